The molecule has 2 atom stereocenters. The van der Waals surface area contributed by atoms with Gasteiger partial charge in [-0.3, -0.25) is 19.9 Å². The minimum absolute atomic E-state index is 0.211. The summed E-state index contributed by atoms with van der Waals surface area (Å²) in [6.07, 6.45) is 3.53. The Bertz CT molecular complexity index is 1580. The Hall–Kier alpha value is -4.31. The molecule has 0 radical (unpaired) electrons. The van der Waals surface area contributed by atoms with Crippen LogP contribution in [0.3, 0.4) is 0 Å². The first-order valence-corrected chi connectivity index (χ1v) is 13.6. The maximum Gasteiger partial charge on any atom is 0.409 e. The van der Waals surface area contributed by atoms with Gasteiger partial charge < -0.3 is 15.3 Å². The summed E-state index contributed by atoms with van der Waals surface area (Å²) in [5.41, 5.74) is 2.69. The number of hydrogen-bond acceptors (Lipinski definition) is 4. The van der Waals surface area contributed by atoms with Crippen molar-refractivity contribution in [1.82, 2.24) is 9.88 Å². The zero-order valence-corrected chi connectivity index (χ0v) is 22.8. The molecule has 2 aliphatic heterocycles. The average molecular weight is 581 g/mol. The van der Waals surface area contributed by atoms with Crippen molar-refractivity contribution < 1.29 is 28.3 Å². The summed E-state index contributed by atoms with van der Waals surface area (Å²) in [6.45, 7) is 2.02. The number of anilines is 2. The Morgan fingerprint density at radius 1 is 1.15 bits per heavy atom. The van der Waals surface area contributed by atoms with Gasteiger partial charge in [0.2, 0.25) is 11.8 Å². The Morgan fingerprint density at radius 2 is 1.95 bits per heavy atom. The Morgan fingerprint density at radius 3 is 2.71 bits per heavy atom. The maximum atomic E-state index is 14.7. The zero-order chi connectivity index (χ0) is 29.3. The van der Waals surface area contributed by atoms with Gasteiger partial charge in [0.25, 0.3) is 0 Å². The summed E-state index contributed by atoms with van der Waals surface area (Å²) in [4.78, 5) is 43.9. The Kier molecular flexibility index (Phi) is 8.03. The van der Waals surface area contributed by atoms with Gasteiger partial charge in [0.1, 0.15) is 5.82 Å². The first-order chi connectivity index (χ1) is 19.6. The number of fused-ring (bicyclic) bond motifs is 4. The SMILES string of the molecule is C[C@@H]1CCC[C@H](N2CCC(c3c(F)ccc(Cl)c3F)=CC2=O)c2cc(ccn2)-c2ccc(NC(=O)O)cc2NC1=O. The van der Waals surface area contributed by atoms with E-state index in [2.05, 4.69) is 15.6 Å². The highest BCUT2D eigenvalue weighted by atomic mass is 35.5. The Labute approximate surface area is 240 Å². The molecule has 2 aromatic carbocycles. The van der Waals surface area contributed by atoms with Crippen molar-refractivity contribution in [2.24, 2.45) is 5.92 Å². The van der Waals surface area contributed by atoms with Crippen molar-refractivity contribution in [2.45, 2.75) is 38.6 Å². The van der Waals surface area contributed by atoms with Gasteiger partial charge in [-0.15, -0.1) is 0 Å². The number of hydrogen-bond donors (Lipinski definition) is 3. The fourth-order valence-electron chi connectivity index (χ4n) is 5.35. The third-order valence-electron chi connectivity index (χ3n) is 7.47. The van der Waals surface area contributed by atoms with E-state index in [4.69, 9.17) is 16.7 Å². The number of nitrogens with one attached hydrogen (secondary N) is 2. The molecular weight excluding hydrogens is 554 g/mol. The average Bonchev–Trinajstić information content (AvgIpc) is 2.93. The number of halogens is 3. The van der Waals surface area contributed by atoms with E-state index in [-0.39, 0.29) is 40.9 Å². The molecule has 0 saturated heterocycles. The molecule has 3 heterocycles. The molecule has 1 aromatic heterocycles. The zero-order valence-electron chi connectivity index (χ0n) is 22.1. The van der Waals surface area contributed by atoms with Gasteiger partial charge in [-0.05, 0) is 66.8 Å². The molecule has 0 saturated carbocycles. The lowest BCUT2D eigenvalue weighted by Gasteiger charge is -2.34. The van der Waals surface area contributed by atoms with E-state index in [1.54, 1.807) is 35.4 Å². The molecule has 3 aromatic rings. The summed E-state index contributed by atoms with van der Waals surface area (Å²) < 4.78 is 29.2. The number of carbonyl (C=O) groups excluding carboxylic acids is 2. The van der Waals surface area contributed by atoms with Crippen molar-refractivity contribution in [2.75, 3.05) is 17.2 Å². The van der Waals surface area contributed by atoms with Gasteiger partial charge >= 0.3 is 6.09 Å². The standard InChI is InChI=1S/C30H27ClF2N4O4/c1-16-3-2-4-25(37-12-10-18(14-26(37)38)27-22(32)8-7-21(31)28(27)33)24-13-17(9-11-34-24)20-6-5-19(35-30(40)41)15-23(20)36-29(16)39/h5-9,11,13-16,25,35H,2-4,10,12H2,1H3,(H,36,39)(H,40,41)/t16-,25+/m1/s1. The van der Waals surface area contributed by atoms with Gasteiger partial charge in [0.05, 0.1) is 28.0 Å². The van der Waals surface area contributed by atoms with Crippen molar-refractivity contribution in [3.63, 3.8) is 0 Å². The third kappa shape index (κ3) is 5.92. The van der Waals surface area contributed by atoms with Crippen molar-refractivity contribution in [1.29, 1.82) is 0 Å². The number of benzene rings is 2. The van der Waals surface area contributed by atoms with Crippen LogP contribution in [0, 0.1) is 17.6 Å². The van der Waals surface area contributed by atoms with Gasteiger partial charge in [-0.1, -0.05) is 31.0 Å². The highest BCUT2D eigenvalue weighted by molar-refractivity contribution is 6.31. The smallest absolute Gasteiger partial charge is 0.409 e. The van der Waals surface area contributed by atoms with E-state index in [0.29, 0.717) is 47.5 Å². The molecule has 0 fully saturated rings. The maximum absolute atomic E-state index is 14.7. The number of rotatable bonds is 3. The lowest BCUT2D eigenvalue weighted by atomic mass is 9.92. The van der Waals surface area contributed by atoms with E-state index in [0.717, 1.165) is 12.1 Å². The molecule has 3 N–H and O–H groups in total. The molecule has 5 rings (SSSR count). The molecule has 11 heteroatoms. The molecule has 2 aliphatic rings. The molecule has 3 amide bonds. The van der Waals surface area contributed by atoms with Crippen LogP contribution in [0.25, 0.3) is 16.7 Å². The van der Waals surface area contributed by atoms with Crippen molar-refractivity contribution >= 4 is 46.5 Å². The number of amides is 3. The lowest BCUT2D eigenvalue weighted by Crippen LogP contribution is -2.38. The van der Waals surface area contributed by atoms with E-state index >= 15 is 0 Å². The minimum Gasteiger partial charge on any atom is -0.465 e. The fourth-order valence-corrected chi connectivity index (χ4v) is 5.51. The van der Waals surface area contributed by atoms with Gasteiger partial charge in [-0.25, -0.2) is 13.6 Å². The summed E-state index contributed by atoms with van der Waals surface area (Å²) in [6, 6.07) is 10.3. The first kappa shape index (κ1) is 28.2. The highest BCUT2D eigenvalue weighted by Crippen LogP contribution is 2.38. The van der Waals surface area contributed by atoms with Gasteiger partial charge in [0, 0.05) is 36.0 Å². The van der Waals surface area contributed by atoms with Crippen LogP contribution in [0.1, 0.15) is 49.9 Å². The topological polar surface area (TPSA) is 112 Å². The second-order valence-electron chi connectivity index (χ2n) is 10.2. The molecule has 0 spiro atoms. The molecule has 212 valence electrons. The van der Waals surface area contributed by atoms with E-state index < -0.39 is 29.7 Å². The van der Waals surface area contributed by atoms with Crippen LogP contribution in [-0.2, 0) is 9.59 Å². The highest BCUT2D eigenvalue weighted by Gasteiger charge is 2.31. The lowest BCUT2D eigenvalue weighted by molar-refractivity contribution is -0.129. The summed E-state index contributed by atoms with van der Waals surface area (Å²) in [5, 5.41) is 14.2. The van der Waals surface area contributed by atoms with Crippen LogP contribution in [-0.4, -0.2) is 39.4 Å². The van der Waals surface area contributed by atoms with Crippen LogP contribution in [0.5, 0.6) is 0 Å². The van der Waals surface area contributed by atoms with Gasteiger partial charge in [-0.2, -0.15) is 0 Å². The summed E-state index contributed by atoms with van der Waals surface area (Å²) >= 11 is 5.88. The molecule has 8 nitrogen and oxygen atoms in total. The number of nitrogens with zero attached hydrogens (tertiary/aromatic N) is 2. The quantitative estimate of drug-likeness (QED) is 0.292. The number of aromatic nitrogens is 1. The van der Waals surface area contributed by atoms with Gasteiger partial charge in [0.15, 0.2) is 5.82 Å². The second-order valence-corrected chi connectivity index (χ2v) is 10.6. The van der Waals surface area contributed by atoms with Crippen LogP contribution < -0.4 is 10.6 Å². The largest absolute Gasteiger partial charge is 0.465 e. The molecule has 41 heavy (non-hydrogen) atoms. The molecule has 0 aliphatic carbocycles. The summed E-state index contributed by atoms with van der Waals surface area (Å²) in [5.74, 6) is -2.65. The minimum atomic E-state index is -1.23. The van der Waals surface area contributed by atoms with E-state index in [1.165, 1.54) is 6.08 Å². The molecule has 0 unspecified atom stereocenters. The summed E-state index contributed by atoms with van der Waals surface area (Å²) in [7, 11) is 0. The second kappa shape index (κ2) is 11.7. The van der Waals surface area contributed by atoms with Crippen molar-refractivity contribution in [3.05, 3.63) is 82.7 Å². The first-order valence-electron chi connectivity index (χ1n) is 13.2. The normalized spacial score (nSPS) is 19.3. The third-order valence-corrected chi connectivity index (χ3v) is 7.76. The predicted molar refractivity (Wildman–Crippen MR) is 151 cm³/mol. The van der Waals surface area contributed by atoms with E-state index in [9.17, 15) is 23.2 Å². The number of carbonyl (C=O) groups is 3. The van der Waals surface area contributed by atoms with Crippen molar-refractivity contribution in [3.8, 4) is 11.1 Å². The number of pyridine rings is 1. The van der Waals surface area contributed by atoms with Crippen LogP contribution in [0.2, 0.25) is 5.02 Å². The van der Waals surface area contributed by atoms with E-state index in [1.807, 2.05) is 13.0 Å². The Balaban J connectivity index is 1.53. The van der Waals surface area contributed by atoms with Crippen LogP contribution in [0.4, 0.5) is 25.0 Å². The predicted octanol–water partition coefficient (Wildman–Crippen LogP) is 6.89. The molecular formula is C30H27ClF2N4O4. The number of carboxylic acid groups (broad SMARTS) is 1. The monoisotopic (exact) mass is 580 g/mol. The van der Waals surface area contributed by atoms with Crippen LogP contribution in [0.15, 0.2) is 54.7 Å². The van der Waals surface area contributed by atoms with Crippen LogP contribution >= 0.6 is 11.6 Å². The molecule has 2 bridgehead atoms. The fraction of sp³-hybridized carbons (Fsp3) is 0.267.